The number of para-hydroxylation sites is 1. The van der Waals surface area contributed by atoms with Crippen molar-refractivity contribution in [2.45, 2.75) is 29.5 Å². The standard InChI is InChI=1S/C22H22FN3O3S2/c23-16-8-7-15-12-22(30-21(15)13-16)31(27,28)25-17-9-11-26(14-17)10-3-5-19-18-4-1-2-6-20(18)29-24-19/h1-2,4,6-8,12-13,17,25H,3,5,9-11,14H2/t17-/m0/s1. The van der Waals surface area contributed by atoms with Crippen LogP contribution in [0.1, 0.15) is 18.5 Å². The molecule has 0 radical (unpaired) electrons. The average molecular weight is 460 g/mol. The zero-order valence-corrected chi connectivity index (χ0v) is 18.4. The number of fused-ring (bicyclic) bond motifs is 2. The summed E-state index contributed by atoms with van der Waals surface area (Å²) in [5.41, 5.74) is 1.77. The molecular weight excluding hydrogens is 437 g/mol. The van der Waals surface area contributed by atoms with E-state index >= 15 is 0 Å². The molecule has 1 N–H and O–H groups in total. The molecule has 5 rings (SSSR count). The minimum Gasteiger partial charge on any atom is -0.356 e. The van der Waals surface area contributed by atoms with Crippen molar-refractivity contribution in [1.82, 2.24) is 14.8 Å². The largest absolute Gasteiger partial charge is 0.356 e. The maximum absolute atomic E-state index is 13.4. The fourth-order valence-corrected chi connectivity index (χ4v) is 6.81. The molecule has 0 bridgehead atoms. The van der Waals surface area contributed by atoms with Gasteiger partial charge in [0.25, 0.3) is 0 Å². The molecule has 0 spiro atoms. The molecule has 9 heteroatoms. The molecule has 0 aliphatic carbocycles. The minimum absolute atomic E-state index is 0.125. The highest BCUT2D eigenvalue weighted by Crippen LogP contribution is 2.30. The second kappa shape index (κ2) is 8.31. The number of halogens is 1. The first kappa shape index (κ1) is 20.6. The van der Waals surface area contributed by atoms with Crippen molar-refractivity contribution in [3.05, 3.63) is 60.0 Å². The van der Waals surface area contributed by atoms with Crippen LogP contribution in [-0.2, 0) is 16.4 Å². The summed E-state index contributed by atoms with van der Waals surface area (Å²) in [6.45, 7) is 2.41. The van der Waals surface area contributed by atoms with Crippen LogP contribution in [-0.4, -0.2) is 44.2 Å². The van der Waals surface area contributed by atoms with Gasteiger partial charge in [0.2, 0.25) is 10.0 Å². The van der Waals surface area contributed by atoms with Crippen molar-refractivity contribution in [2.24, 2.45) is 0 Å². The predicted molar refractivity (Wildman–Crippen MR) is 119 cm³/mol. The van der Waals surface area contributed by atoms with Crippen molar-refractivity contribution < 1.29 is 17.3 Å². The van der Waals surface area contributed by atoms with Crippen LogP contribution >= 0.6 is 11.3 Å². The number of nitrogens with zero attached hydrogens (tertiary/aromatic N) is 2. The van der Waals surface area contributed by atoms with Crippen LogP contribution in [0.15, 0.2) is 57.3 Å². The van der Waals surface area contributed by atoms with Crippen molar-refractivity contribution in [3.63, 3.8) is 0 Å². The molecule has 3 heterocycles. The zero-order chi connectivity index (χ0) is 21.4. The van der Waals surface area contributed by atoms with E-state index in [-0.39, 0.29) is 16.1 Å². The lowest BCUT2D eigenvalue weighted by molar-refractivity contribution is 0.326. The van der Waals surface area contributed by atoms with Crippen LogP contribution in [0.5, 0.6) is 0 Å². The summed E-state index contributed by atoms with van der Waals surface area (Å²) >= 11 is 1.10. The number of likely N-dealkylation sites (tertiary alicyclic amines) is 1. The highest BCUT2D eigenvalue weighted by molar-refractivity contribution is 7.91. The Bertz CT molecular complexity index is 1330. The SMILES string of the molecule is O=S(=O)(N[C@H]1CCN(CCCc2noc3ccccc23)C1)c1cc2ccc(F)cc2s1. The van der Waals surface area contributed by atoms with E-state index in [0.717, 1.165) is 65.7 Å². The number of aryl methyl sites for hydroxylation is 1. The Hall–Kier alpha value is -2.33. The summed E-state index contributed by atoms with van der Waals surface area (Å²) in [6, 6.07) is 13.6. The molecule has 1 aliphatic heterocycles. The van der Waals surface area contributed by atoms with Crippen LogP contribution in [0, 0.1) is 5.82 Å². The topological polar surface area (TPSA) is 75.4 Å². The van der Waals surface area contributed by atoms with Crippen LogP contribution in [0.2, 0.25) is 0 Å². The molecule has 2 aromatic heterocycles. The third-order valence-corrected chi connectivity index (χ3v) is 8.75. The van der Waals surface area contributed by atoms with Gasteiger partial charge in [0.1, 0.15) is 10.0 Å². The molecule has 31 heavy (non-hydrogen) atoms. The summed E-state index contributed by atoms with van der Waals surface area (Å²) in [6.07, 6.45) is 2.52. The number of benzene rings is 2. The molecule has 2 aromatic carbocycles. The molecule has 0 saturated carbocycles. The normalized spacial score (nSPS) is 17.8. The van der Waals surface area contributed by atoms with Gasteiger partial charge in [-0.3, -0.25) is 0 Å². The van der Waals surface area contributed by atoms with E-state index in [0.29, 0.717) is 11.2 Å². The predicted octanol–water partition coefficient (Wildman–Crippen LogP) is 4.17. The van der Waals surface area contributed by atoms with Gasteiger partial charge in [-0.25, -0.2) is 17.5 Å². The maximum atomic E-state index is 13.4. The van der Waals surface area contributed by atoms with Crippen LogP contribution in [0.25, 0.3) is 21.1 Å². The number of nitrogens with one attached hydrogen (secondary N) is 1. The van der Waals surface area contributed by atoms with Gasteiger partial charge in [-0.15, -0.1) is 11.3 Å². The van der Waals surface area contributed by atoms with E-state index in [1.165, 1.54) is 12.1 Å². The van der Waals surface area contributed by atoms with Gasteiger partial charge < -0.3 is 9.42 Å². The van der Waals surface area contributed by atoms with E-state index < -0.39 is 10.0 Å². The molecular formula is C22H22FN3O3S2. The first-order valence-electron chi connectivity index (χ1n) is 10.2. The minimum atomic E-state index is -3.63. The Morgan fingerprint density at radius 2 is 2.10 bits per heavy atom. The fourth-order valence-electron chi connectivity index (χ4n) is 4.11. The summed E-state index contributed by atoms with van der Waals surface area (Å²) in [5, 5.41) is 5.96. The van der Waals surface area contributed by atoms with Crippen LogP contribution in [0.3, 0.4) is 0 Å². The number of hydrogen-bond donors (Lipinski definition) is 1. The van der Waals surface area contributed by atoms with Gasteiger partial charge in [-0.05, 0) is 68.1 Å². The van der Waals surface area contributed by atoms with E-state index in [1.54, 1.807) is 12.1 Å². The molecule has 1 saturated heterocycles. The van der Waals surface area contributed by atoms with E-state index in [1.807, 2.05) is 24.3 Å². The smallest absolute Gasteiger partial charge is 0.250 e. The molecule has 0 unspecified atom stereocenters. The Labute approximate surface area is 183 Å². The number of thiophene rings is 1. The lowest BCUT2D eigenvalue weighted by Crippen LogP contribution is -2.36. The highest BCUT2D eigenvalue weighted by Gasteiger charge is 2.28. The second-order valence-electron chi connectivity index (χ2n) is 7.88. The lowest BCUT2D eigenvalue weighted by atomic mass is 10.1. The fraction of sp³-hybridized carbons (Fsp3) is 0.318. The molecule has 162 valence electrons. The molecule has 0 amide bonds. The quantitative estimate of drug-likeness (QED) is 0.449. The van der Waals surface area contributed by atoms with Crippen molar-refractivity contribution in [3.8, 4) is 0 Å². The van der Waals surface area contributed by atoms with Crippen molar-refractivity contribution in [2.75, 3.05) is 19.6 Å². The maximum Gasteiger partial charge on any atom is 0.250 e. The van der Waals surface area contributed by atoms with Gasteiger partial charge in [-0.2, -0.15) is 0 Å². The average Bonchev–Trinajstić information content (AvgIpc) is 3.46. The number of rotatable bonds is 7. The van der Waals surface area contributed by atoms with Gasteiger partial charge in [-0.1, -0.05) is 23.4 Å². The summed E-state index contributed by atoms with van der Waals surface area (Å²) in [4.78, 5) is 2.27. The monoisotopic (exact) mass is 459 g/mol. The van der Waals surface area contributed by atoms with E-state index in [4.69, 9.17) is 4.52 Å². The highest BCUT2D eigenvalue weighted by atomic mass is 32.2. The van der Waals surface area contributed by atoms with Crippen LogP contribution in [0.4, 0.5) is 4.39 Å². The van der Waals surface area contributed by atoms with Gasteiger partial charge in [0.05, 0.1) is 5.69 Å². The summed E-state index contributed by atoms with van der Waals surface area (Å²) < 4.78 is 48.1. The molecule has 1 fully saturated rings. The molecule has 4 aromatic rings. The number of aromatic nitrogens is 1. The third kappa shape index (κ3) is 4.36. The number of hydrogen-bond acceptors (Lipinski definition) is 6. The molecule has 1 atom stereocenters. The second-order valence-corrected chi connectivity index (χ2v) is 10.9. The Morgan fingerprint density at radius 3 is 3.00 bits per heavy atom. The summed E-state index contributed by atoms with van der Waals surface area (Å²) in [5.74, 6) is -0.365. The van der Waals surface area contributed by atoms with Crippen molar-refractivity contribution in [1.29, 1.82) is 0 Å². The lowest BCUT2D eigenvalue weighted by Gasteiger charge is -2.16. The van der Waals surface area contributed by atoms with Gasteiger partial charge >= 0.3 is 0 Å². The third-order valence-electron chi connectivity index (χ3n) is 5.66. The Morgan fingerprint density at radius 1 is 1.23 bits per heavy atom. The first-order valence-corrected chi connectivity index (χ1v) is 12.5. The summed E-state index contributed by atoms with van der Waals surface area (Å²) in [7, 11) is -3.63. The Kier molecular flexibility index (Phi) is 5.51. The molecule has 6 nitrogen and oxygen atoms in total. The van der Waals surface area contributed by atoms with Crippen molar-refractivity contribution >= 4 is 42.4 Å². The van der Waals surface area contributed by atoms with Crippen LogP contribution < -0.4 is 4.72 Å². The van der Waals surface area contributed by atoms with E-state index in [2.05, 4.69) is 14.8 Å². The zero-order valence-electron chi connectivity index (χ0n) is 16.8. The molecule has 1 aliphatic rings. The first-order chi connectivity index (χ1) is 15.0. The van der Waals surface area contributed by atoms with E-state index in [9.17, 15) is 12.8 Å². The van der Waals surface area contributed by atoms with Gasteiger partial charge in [0, 0.05) is 22.7 Å². The van der Waals surface area contributed by atoms with Gasteiger partial charge in [0.15, 0.2) is 5.58 Å². The number of sulfonamides is 1. The Balaban J connectivity index is 1.16.